The van der Waals surface area contributed by atoms with Crippen molar-refractivity contribution >= 4 is 11.3 Å². The smallest absolute Gasteiger partial charge is 0.157 e. The van der Waals surface area contributed by atoms with Crippen molar-refractivity contribution < 1.29 is 9.47 Å². The molecule has 1 unspecified atom stereocenters. The Kier molecular flexibility index (Phi) is 6.68. The van der Waals surface area contributed by atoms with Gasteiger partial charge in [-0.15, -0.1) is 11.3 Å². The lowest BCUT2D eigenvalue weighted by Crippen LogP contribution is -2.49. The zero-order chi connectivity index (χ0) is 17.7. The predicted molar refractivity (Wildman–Crippen MR) is 108 cm³/mol. The Hall–Kier alpha value is -0.420. The number of rotatable bonds is 6. The van der Waals surface area contributed by atoms with Crippen molar-refractivity contribution in [3.63, 3.8) is 0 Å². The van der Waals surface area contributed by atoms with Crippen LogP contribution in [0.5, 0.6) is 0 Å². The molecule has 1 aromatic heterocycles. The van der Waals surface area contributed by atoms with E-state index in [9.17, 15) is 0 Å². The average molecular weight is 378 g/mol. The summed E-state index contributed by atoms with van der Waals surface area (Å²) < 4.78 is 11.6. The van der Waals surface area contributed by atoms with E-state index in [-0.39, 0.29) is 6.29 Å². The molecule has 1 saturated carbocycles. The highest BCUT2D eigenvalue weighted by molar-refractivity contribution is 7.12. The molecule has 0 radical (unpaired) electrons. The highest BCUT2D eigenvalue weighted by Gasteiger charge is 2.40. The second kappa shape index (κ2) is 9.18. The minimum Gasteiger partial charge on any atom is -0.353 e. The van der Waals surface area contributed by atoms with Gasteiger partial charge in [0.2, 0.25) is 0 Å². The zero-order valence-electron chi connectivity index (χ0n) is 16.2. The van der Waals surface area contributed by atoms with Crippen molar-refractivity contribution in [1.29, 1.82) is 0 Å². The number of hydrogen-bond acceptors (Lipinski definition) is 4. The van der Waals surface area contributed by atoms with Crippen LogP contribution in [0.4, 0.5) is 0 Å². The van der Waals surface area contributed by atoms with Gasteiger partial charge in [0.1, 0.15) is 0 Å². The Morgan fingerprint density at radius 3 is 2.58 bits per heavy atom. The fraction of sp³-hybridized carbons (Fsp3) is 0.818. The molecule has 4 rings (SSSR count). The summed E-state index contributed by atoms with van der Waals surface area (Å²) in [5, 5.41) is 0. The molecule has 1 atom stereocenters. The van der Waals surface area contributed by atoms with E-state index in [4.69, 9.17) is 9.47 Å². The lowest BCUT2D eigenvalue weighted by Gasteiger charge is -2.48. The number of thiophene rings is 1. The summed E-state index contributed by atoms with van der Waals surface area (Å²) in [6.07, 6.45) is 15.7. The third-order valence-electron chi connectivity index (χ3n) is 6.55. The van der Waals surface area contributed by atoms with Crippen LogP contribution in [0.25, 0.3) is 0 Å². The molecule has 146 valence electrons. The number of ether oxygens (including phenoxy) is 2. The van der Waals surface area contributed by atoms with Gasteiger partial charge in [0.15, 0.2) is 6.29 Å². The SMILES string of the molecule is c1cc(C2(N3CCCCC3)CCCCC2)sc1CCOC1CCCCO1. The molecule has 0 spiro atoms. The van der Waals surface area contributed by atoms with E-state index in [0.717, 1.165) is 26.1 Å². The molecule has 1 aromatic rings. The summed E-state index contributed by atoms with van der Waals surface area (Å²) in [6.45, 7) is 4.26. The summed E-state index contributed by atoms with van der Waals surface area (Å²) in [5.74, 6) is 0. The van der Waals surface area contributed by atoms with E-state index in [1.165, 1.54) is 82.2 Å². The number of hydrogen-bond donors (Lipinski definition) is 0. The first-order chi connectivity index (χ1) is 12.9. The minimum absolute atomic E-state index is 0.0428. The number of piperidine rings is 1. The van der Waals surface area contributed by atoms with Gasteiger partial charge in [-0.2, -0.15) is 0 Å². The zero-order valence-corrected chi connectivity index (χ0v) is 17.0. The largest absolute Gasteiger partial charge is 0.353 e. The van der Waals surface area contributed by atoms with Gasteiger partial charge >= 0.3 is 0 Å². The van der Waals surface area contributed by atoms with Gasteiger partial charge in [0.05, 0.1) is 12.1 Å². The first-order valence-electron chi connectivity index (χ1n) is 10.9. The van der Waals surface area contributed by atoms with Gasteiger partial charge in [-0.3, -0.25) is 4.90 Å². The van der Waals surface area contributed by atoms with Crippen molar-refractivity contribution in [2.75, 3.05) is 26.3 Å². The predicted octanol–water partition coefficient (Wildman–Crippen LogP) is 5.48. The third-order valence-corrected chi connectivity index (χ3v) is 7.89. The van der Waals surface area contributed by atoms with Crippen LogP contribution in [0.15, 0.2) is 12.1 Å². The summed E-state index contributed by atoms with van der Waals surface area (Å²) in [7, 11) is 0. The normalized spacial score (nSPS) is 27.5. The Labute approximate surface area is 163 Å². The van der Waals surface area contributed by atoms with Crippen LogP contribution in [-0.2, 0) is 21.4 Å². The maximum absolute atomic E-state index is 5.96. The molecule has 2 saturated heterocycles. The number of likely N-dealkylation sites (tertiary alicyclic amines) is 1. The van der Waals surface area contributed by atoms with Crippen molar-refractivity contribution in [3.8, 4) is 0 Å². The maximum atomic E-state index is 5.96. The van der Waals surface area contributed by atoms with Crippen LogP contribution >= 0.6 is 11.3 Å². The molecule has 1 aliphatic carbocycles. The second-order valence-corrected chi connectivity index (χ2v) is 9.49. The van der Waals surface area contributed by atoms with Crippen molar-refractivity contribution in [3.05, 3.63) is 21.9 Å². The molecule has 3 aliphatic rings. The molecule has 4 heteroatoms. The van der Waals surface area contributed by atoms with Crippen molar-refractivity contribution in [2.24, 2.45) is 0 Å². The van der Waals surface area contributed by atoms with Crippen LogP contribution < -0.4 is 0 Å². The van der Waals surface area contributed by atoms with Crippen molar-refractivity contribution in [2.45, 2.75) is 88.9 Å². The maximum Gasteiger partial charge on any atom is 0.157 e. The Balaban J connectivity index is 1.39. The quantitative estimate of drug-likeness (QED) is 0.655. The van der Waals surface area contributed by atoms with Gasteiger partial charge in [-0.1, -0.05) is 25.7 Å². The minimum atomic E-state index is 0.0428. The molecule has 26 heavy (non-hydrogen) atoms. The monoisotopic (exact) mass is 377 g/mol. The topological polar surface area (TPSA) is 21.7 Å². The van der Waals surface area contributed by atoms with Crippen molar-refractivity contribution in [1.82, 2.24) is 4.90 Å². The number of nitrogens with zero attached hydrogens (tertiary/aromatic N) is 1. The van der Waals surface area contributed by atoms with Crippen LogP contribution in [0, 0.1) is 0 Å². The van der Waals surface area contributed by atoms with Gasteiger partial charge in [0.25, 0.3) is 0 Å². The Bertz CT molecular complexity index is 540. The molecular weight excluding hydrogens is 342 g/mol. The highest BCUT2D eigenvalue weighted by Crippen LogP contribution is 2.46. The van der Waals surface area contributed by atoms with E-state index in [1.54, 1.807) is 4.88 Å². The first kappa shape index (κ1) is 18.9. The molecule has 3 fully saturated rings. The Morgan fingerprint density at radius 2 is 1.81 bits per heavy atom. The van der Waals surface area contributed by atoms with E-state index >= 15 is 0 Å². The molecule has 0 N–H and O–H groups in total. The molecular formula is C22H35NO2S. The van der Waals surface area contributed by atoms with Gasteiger partial charge in [0, 0.05) is 22.8 Å². The van der Waals surface area contributed by atoms with Gasteiger partial charge in [-0.25, -0.2) is 0 Å². The second-order valence-electron chi connectivity index (χ2n) is 8.32. The average Bonchev–Trinajstić information content (AvgIpc) is 3.19. The molecule has 3 nitrogen and oxygen atoms in total. The van der Waals surface area contributed by atoms with E-state index in [0.29, 0.717) is 5.54 Å². The molecule has 3 heterocycles. The van der Waals surface area contributed by atoms with E-state index in [1.807, 2.05) is 0 Å². The van der Waals surface area contributed by atoms with Gasteiger partial charge < -0.3 is 9.47 Å². The molecule has 0 bridgehead atoms. The van der Waals surface area contributed by atoms with E-state index < -0.39 is 0 Å². The van der Waals surface area contributed by atoms with Crippen LogP contribution in [0.3, 0.4) is 0 Å². The standard InChI is InChI=1S/C22H35NO2S/c1-4-13-22(14-5-1,23-15-6-2-7-16-23)20-11-10-19(26-20)12-18-25-21-9-3-8-17-24-21/h10-11,21H,1-9,12-18H2. The summed E-state index contributed by atoms with van der Waals surface area (Å²) in [5.41, 5.74) is 0.342. The van der Waals surface area contributed by atoms with Gasteiger partial charge in [-0.05, 0) is 70.2 Å². The van der Waals surface area contributed by atoms with E-state index in [2.05, 4.69) is 28.4 Å². The molecule has 2 aliphatic heterocycles. The Morgan fingerprint density at radius 1 is 1.00 bits per heavy atom. The summed E-state index contributed by atoms with van der Waals surface area (Å²) >= 11 is 2.06. The van der Waals surface area contributed by atoms with Crippen LogP contribution in [0.2, 0.25) is 0 Å². The highest BCUT2D eigenvalue weighted by atomic mass is 32.1. The summed E-state index contributed by atoms with van der Waals surface area (Å²) in [4.78, 5) is 5.96. The fourth-order valence-electron chi connectivity index (χ4n) is 5.07. The van der Waals surface area contributed by atoms with Crippen LogP contribution in [0.1, 0.15) is 80.4 Å². The van der Waals surface area contributed by atoms with Crippen LogP contribution in [-0.4, -0.2) is 37.5 Å². The molecule has 0 aromatic carbocycles. The lowest BCUT2D eigenvalue weighted by atomic mass is 9.78. The molecule has 0 amide bonds. The fourth-order valence-corrected chi connectivity index (χ4v) is 6.34. The summed E-state index contributed by atoms with van der Waals surface area (Å²) in [6, 6.07) is 4.81. The third kappa shape index (κ3) is 4.35. The first-order valence-corrected chi connectivity index (χ1v) is 11.8. The lowest BCUT2D eigenvalue weighted by molar-refractivity contribution is -0.161.